The van der Waals surface area contributed by atoms with Crippen LogP contribution in [0.25, 0.3) is 11.5 Å². The van der Waals surface area contributed by atoms with E-state index in [9.17, 15) is 18.0 Å². The summed E-state index contributed by atoms with van der Waals surface area (Å²) in [7, 11) is 3.20. The van der Waals surface area contributed by atoms with Crippen molar-refractivity contribution in [2.75, 3.05) is 25.1 Å². The molecule has 0 aliphatic rings. The van der Waals surface area contributed by atoms with Gasteiger partial charge in [0.1, 0.15) is 5.82 Å². The molecule has 0 fully saturated rings. The van der Waals surface area contributed by atoms with E-state index in [4.69, 9.17) is 17.3 Å². The minimum Gasteiger partial charge on any atom is -0.412 e. The second kappa shape index (κ2) is 7.54. The van der Waals surface area contributed by atoms with E-state index in [2.05, 4.69) is 29.9 Å². The van der Waals surface area contributed by atoms with Crippen LogP contribution in [0.3, 0.4) is 0 Å². The normalized spacial score (nSPS) is 11.4. The fraction of sp³-hybridized carbons (Fsp3) is 0.188. The molecular formula is C16H13ClF3N7O2. The van der Waals surface area contributed by atoms with Crippen LogP contribution in [0.5, 0.6) is 0 Å². The van der Waals surface area contributed by atoms with Crippen molar-refractivity contribution in [2.45, 2.75) is 6.18 Å². The molecule has 0 aliphatic carbocycles. The number of hydrogen-bond acceptors (Lipinski definition) is 8. The molecule has 0 saturated carbocycles. The van der Waals surface area contributed by atoms with Crippen LogP contribution in [0, 0.1) is 0 Å². The standard InChI is InChI=1S/C16H13ClF3N7O2/c1-27(2)13(28)8-4-3-7(5-10(8)17)23-15-22-6-9(11(21)24-15)12-25-26-14(29-12)16(18,19)20/h3-6H,1-2H3,(H3,21,22,23,24). The molecule has 3 N–H and O–H groups in total. The quantitative estimate of drug-likeness (QED) is 0.650. The van der Waals surface area contributed by atoms with Gasteiger partial charge in [-0.2, -0.15) is 18.2 Å². The Morgan fingerprint density at radius 3 is 2.55 bits per heavy atom. The van der Waals surface area contributed by atoms with Gasteiger partial charge in [-0.1, -0.05) is 11.6 Å². The summed E-state index contributed by atoms with van der Waals surface area (Å²) in [5, 5.41) is 9.28. The largest absolute Gasteiger partial charge is 0.470 e. The second-order valence-corrected chi connectivity index (χ2v) is 6.33. The van der Waals surface area contributed by atoms with E-state index in [0.717, 1.165) is 6.20 Å². The van der Waals surface area contributed by atoms with Gasteiger partial charge in [0.25, 0.3) is 11.8 Å². The molecule has 2 aromatic heterocycles. The topological polar surface area (TPSA) is 123 Å². The van der Waals surface area contributed by atoms with Gasteiger partial charge in [0.05, 0.1) is 16.1 Å². The van der Waals surface area contributed by atoms with Crippen molar-refractivity contribution >= 4 is 35.0 Å². The van der Waals surface area contributed by atoms with Gasteiger partial charge in [-0.25, -0.2) is 4.98 Å². The highest BCUT2D eigenvalue weighted by Gasteiger charge is 2.38. The molecule has 0 bridgehead atoms. The van der Waals surface area contributed by atoms with E-state index < -0.39 is 18.0 Å². The molecule has 0 radical (unpaired) electrons. The number of rotatable bonds is 4. The number of nitrogens with zero attached hydrogens (tertiary/aromatic N) is 5. The zero-order chi connectivity index (χ0) is 21.3. The number of halogens is 4. The maximum Gasteiger partial charge on any atom is 0.470 e. The lowest BCUT2D eigenvalue weighted by Gasteiger charge is -2.13. The van der Waals surface area contributed by atoms with Crippen LogP contribution in [0.1, 0.15) is 16.2 Å². The monoisotopic (exact) mass is 427 g/mol. The lowest BCUT2D eigenvalue weighted by Crippen LogP contribution is -2.21. The molecule has 0 aliphatic heterocycles. The number of amides is 1. The van der Waals surface area contributed by atoms with Gasteiger partial charge < -0.3 is 20.4 Å². The Hall–Kier alpha value is -3.41. The van der Waals surface area contributed by atoms with E-state index in [1.807, 2.05) is 0 Å². The first-order valence-corrected chi connectivity index (χ1v) is 8.26. The van der Waals surface area contributed by atoms with Crippen molar-refractivity contribution in [1.29, 1.82) is 0 Å². The number of alkyl halides is 3. The molecule has 1 amide bonds. The summed E-state index contributed by atoms with van der Waals surface area (Å²) in [6, 6.07) is 4.62. The summed E-state index contributed by atoms with van der Waals surface area (Å²) >= 11 is 6.14. The van der Waals surface area contributed by atoms with E-state index in [-0.39, 0.29) is 28.3 Å². The predicted molar refractivity (Wildman–Crippen MR) is 97.5 cm³/mol. The highest BCUT2D eigenvalue weighted by Crippen LogP contribution is 2.32. The molecule has 1 aromatic carbocycles. The van der Waals surface area contributed by atoms with E-state index in [1.165, 1.54) is 17.0 Å². The van der Waals surface area contributed by atoms with Gasteiger partial charge in [0.15, 0.2) is 0 Å². The Bertz CT molecular complexity index is 1070. The van der Waals surface area contributed by atoms with Gasteiger partial charge in [-0.15, -0.1) is 10.2 Å². The summed E-state index contributed by atoms with van der Waals surface area (Å²) < 4.78 is 42.3. The number of anilines is 3. The first kappa shape index (κ1) is 20.3. The van der Waals surface area contributed by atoms with Crippen molar-refractivity contribution in [3.8, 4) is 11.5 Å². The first-order chi connectivity index (χ1) is 13.6. The third kappa shape index (κ3) is 4.37. The Morgan fingerprint density at radius 1 is 1.28 bits per heavy atom. The van der Waals surface area contributed by atoms with Crippen LogP contribution in [-0.2, 0) is 6.18 Å². The lowest BCUT2D eigenvalue weighted by atomic mass is 10.2. The molecule has 152 valence electrons. The first-order valence-electron chi connectivity index (χ1n) is 7.88. The Balaban J connectivity index is 1.81. The minimum atomic E-state index is -4.78. The number of benzene rings is 1. The maximum atomic E-state index is 12.6. The minimum absolute atomic E-state index is 0.0459. The van der Waals surface area contributed by atoms with Crippen LogP contribution >= 0.6 is 11.6 Å². The molecule has 0 atom stereocenters. The smallest absolute Gasteiger partial charge is 0.412 e. The summed E-state index contributed by atoms with van der Waals surface area (Å²) in [5.41, 5.74) is 6.51. The van der Waals surface area contributed by atoms with E-state index in [0.29, 0.717) is 11.3 Å². The van der Waals surface area contributed by atoms with E-state index in [1.54, 1.807) is 20.2 Å². The molecule has 2 heterocycles. The Kier molecular flexibility index (Phi) is 5.29. The van der Waals surface area contributed by atoms with Gasteiger partial charge in [-0.3, -0.25) is 4.79 Å². The summed E-state index contributed by atoms with van der Waals surface area (Å²) in [5.74, 6) is -2.36. The number of nitrogen functional groups attached to an aromatic ring is 1. The van der Waals surface area contributed by atoms with Crippen molar-refractivity contribution in [2.24, 2.45) is 0 Å². The van der Waals surface area contributed by atoms with Crippen molar-refractivity contribution < 1.29 is 22.4 Å². The van der Waals surface area contributed by atoms with Gasteiger partial charge in [0, 0.05) is 26.0 Å². The van der Waals surface area contributed by atoms with Gasteiger partial charge in [0.2, 0.25) is 5.95 Å². The molecule has 9 nitrogen and oxygen atoms in total. The summed E-state index contributed by atoms with van der Waals surface area (Å²) in [6.45, 7) is 0. The Morgan fingerprint density at radius 2 is 2.00 bits per heavy atom. The van der Waals surface area contributed by atoms with Crippen LogP contribution in [-0.4, -0.2) is 45.1 Å². The van der Waals surface area contributed by atoms with Crippen LogP contribution < -0.4 is 11.1 Å². The maximum absolute atomic E-state index is 12.6. The average Bonchev–Trinajstić information content (AvgIpc) is 3.11. The molecule has 29 heavy (non-hydrogen) atoms. The van der Waals surface area contributed by atoms with Crippen LogP contribution in [0.2, 0.25) is 5.02 Å². The molecule has 3 aromatic rings. The Labute approximate surface area is 166 Å². The fourth-order valence-corrected chi connectivity index (χ4v) is 2.46. The molecule has 0 spiro atoms. The third-order valence-electron chi connectivity index (χ3n) is 3.58. The zero-order valence-corrected chi connectivity index (χ0v) is 15.7. The molecule has 0 unspecified atom stereocenters. The van der Waals surface area contributed by atoms with Crippen LogP contribution in [0.4, 0.5) is 30.6 Å². The average molecular weight is 428 g/mol. The predicted octanol–water partition coefficient (Wildman–Crippen LogP) is 3.23. The van der Waals surface area contributed by atoms with Gasteiger partial charge in [-0.05, 0) is 18.2 Å². The van der Waals surface area contributed by atoms with Gasteiger partial charge >= 0.3 is 12.1 Å². The molecule has 13 heteroatoms. The zero-order valence-electron chi connectivity index (χ0n) is 15.0. The number of carbonyl (C=O) groups is 1. The SMILES string of the molecule is CN(C)C(=O)c1ccc(Nc2ncc(-c3nnc(C(F)(F)F)o3)c(N)n2)cc1Cl. The summed E-state index contributed by atoms with van der Waals surface area (Å²) in [4.78, 5) is 21.3. The molecule has 0 saturated heterocycles. The van der Waals surface area contributed by atoms with Crippen molar-refractivity contribution in [1.82, 2.24) is 25.1 Å². The molecule has 3 rings (SSSR count). The van der Waals surface area contributed by atoms with Crippen molar-refractivity contribution in [3.63, 3.8) is 0 Å². The number of aromatic nitrogens is 4. The number of hydrogen-bond donors (Lipinski definition) is 2. The molecular weight excluding hydrogens is 415 g/mol. The highest BCUT2D eigenvalue weighted by atomic mass is 35.5. The number of nitrogens with one attached hydrogen (secondary N) is 1. The second-order valence-electron chi connectivity index (χ2n) is 5.92. The van der Waals surface area contributed by atoms with Crippen LogP contribution in [0.15, 0.2) is 28.8 Å². The van der Waals surface area contributed by atoms with Crippen molar-refractivity contribution in [3.05, 3.63) is 40.9 Å². The third-order valence-corrected chi connectivity index (χ3v) is 3.89. The lowest BCUT2D eigenvalue weighted by molar-refractivity contribution is -0.156. The fourth-order valence-electron chi connectivity index (χ4n) is 2.20. The highest BCUT2D eigenvalue weighted by molar-refractivity contribution is 6.34. The number of nitrogens with two attached hydrogens (primary N) is 1. The summed E-state index contributed by atoms with van der Waals surface area (Å²) in [6.07, 6.45) is -3.63. The number of carbonyl (C=O) groups excluding carboxylic acids is 1. The van der Waals surface area contributed by atoms with E-state index >= 15 is 0 Å².